The molecule has 1 aromatic rings. The molecule has 2 atom stereocenters. The van der Waals surface area contributed by atoms with E-state index < -0.39 is 0 Å². The number of likely N-dealkylation sites (tertiary alicyclic amines) is 1. The molecule has 1 aliphatic rings. The van der Waals surface area contributed by atoms with Crippen molar-refractivity contribution >= 4 is 6.03 Å². The van der Waals surface area contributed by atoms with Gasteiger partial charge in [-0.1, -0.05) is 30.3 Å². The molecule has 0 aromatic heterocycles. The number of rotatable bonds is 6. The second-order valence-corrected chi connectivity index (χ2v) is 6.91. The second-order valence-electron chi connectivity index (χ2n) is 6.91. The Hall–Kier alpha value is -1.59. The summed E-state index contributed by atoms with van der Waals surface area (Å²) in [7, 11) is 1.78. The predicted molar refractivity (Wildman–Crippen MR) is 96.9 cm³/mol. The Bertz CT molecular complexity index is 499. The predicted octanol–water partition coefficient (Wildman–Crippen LogP) is 2.62. The minimum absolute atomic E-state index is 0.0368. The third-order valence-electron chi connectivity index (χ3n) is 4.92. The maximum absolute atomic E-state index is 12.2. The van der Waals surface area contributed by atoms with E-state index in [-0.39, 0.29) is 18.2 Å². The average molecular weight is 333 g/mol. The molecule has 0 aliphatic carbocycles. The van der Waals surface area contributed by atoms with Crippen molar-refractivity contribution < 1.29 is 9.90 Å². The summed E-state index contributed by atoms with van der Waals surface area (Å²) >= 11 is 0. The molecule has 0 radical (unpaired) electrons. The molecule has 1 aliphatic heterocycles. The SMILES string of the molecule is CC(O)CCN(C)C(=O)NC1CCN(C(C)c2ccccc2)CC1. The van der Waals surface area contributed by atoms with Gasteiger partial charge in [-0.15, -0.1) is 0 Å². The van der Waals surface area contributed by atoms with Crippen LogP contribution in [0.1, 0.15) is 44.7 Å². The Kier molecular flexibility index (Phi) is 7.06. The Labute approximate surface area is 145 Å². The number of nitrogens with zero attached hydrogens (tertiary/aromatic N) is 2. The summed E-state index contributed by atoms with van der Waals surface area (Å²) in [6.45, 7) is 6.57. The van der Waals surface area contributed by atoms with E-state index in [1.54, 1.807) is 18.9 Å². The second kappa shape index (κ2) is 9.04. The highest BCUT2D eigenvalue weighted by atomic mass is 16.3. The lowest BCUT2D eigenvalue weighted by atomic mass is 10.0. The molecule has 2 unspecified atom stereocenters. The van der Waals surface area contributed by atoms with Crippen LogP contribution < -0.4 is 5.32 Å². The summed E-state index contributed by atoms with van der Waals surface area (Å²) in [5.41, 5.74) is 1.35. The summed E-state index contributed by atoms with van der Waals surface area (Å²) in [6.07, 6.45) is 2.19. The van der Waals surface area contributed by atoms with Crippen LogP contribution >= 0.6 is 0 Å². The summed E-state index contributed by atoms with van der Waals surface area (Å²) in [4.78, 5) is 16.3. The van der Waals surface area contributed by atoms with Crippen LogP contribution in [0, 0.1) is 0 Å². The largest absolute Gasteiger partial charge is 0.393 e. The molecule has 2 N–H and O–H groups in total. The molecule has 134 valence electrons. The van der Waals surface area contributed by atoms with E-state index in [9.17, 15) is 9.90 Å². The van der Waals surface area contributed by atoms with Gasteiger partial charge in [0.25, 0.3) is 0 Å². The lowest BCUT2D eigenvalue weighted by Crippen LogP contribution is -2.49. The van der Waals surface area contributed by atoms with Crippen LogP contribution in [0.2, 0.25) is 0 Å². The number of amides is 2. The number of piperidine rings is 1. The van der Waals surface area contributed by atoms with Gasteiger partial charge in [0.1, 0.15) is 0 Å². The van der Waals surface area contributed by atoms with Gasteiger partial charge in [-0.2, -0.15) is 0 Å². The molecule has 5 heteroatoms. The van der Waals surface area contributed by atoms with E-state index in [1.165, 1.54) is 5.56 Å². The van der Waals surface area contributed by atoms with Crippen LogP contribution in [0.4, 0.5) is 4.79 Å². The zero-order valence-corrected chi connectivity index (χ0v) is 15.1. The molecule has 0 bridgehead atoms. The van der Waals surface area contributed by atoms with Crippen molar-refractivity contribution in [3.63, 3.8) is 0 Å². The normalized spacial score (nSPS) is 18.8. The van der Waals surface area contributed by atoms with Gasteiger partial charge in [0.05, 0.1) is 6.10 Å². The van der Waals surface area contributed by atoms with E-state index in [0.29, 0.717) is 19.0 Å². The summed E-state index contributed by atoms with van der Waals surface area (Å²) in [6, 6.07) is 11.2. The van der Waals surface area contributed by atoms with Gasteiger partial charge in [0, 0.05) is 38.8 Å². The molecule has 0 spiro atoms. The van der Waals surface area contributed by atoms with Crippen molar-refractivity contribution in [3.05, 3.63) is 35.9 Å². The van der Waals surface area contributed by atoms with Gasteiger partial charge in [0.15, 0.2) is 0 Å². The number of urea groups is 1. The number of carbonyl (C=O) groups is 1. The van der Waals surface area contributed by atoms with Crippen molar-refractivity contribution in [2.24, 2.45) is 0 Å². The Morgan fingerprint density at radius 1 is 1.29 bits per heavy atom. The highest BCUT2D eigenvalue weighted by Crippen LogP contribution is 2.24. The third kappa shape index (κ3) is 5.49. The number of benzene rings is 1. The molecule has 5 nitrogen and oxygen atoms in total. The van der Waals surface area contributed by atoms with Gasteiger partial charge < -0.3 is 15.3 Å². The van der Waals surface area contributed by atoms with Crippen LogP contribution in [0.3, 0.4) is 0 Å². The van der Waals surface area contributed by atoms with Crippen molar-refractivity contribution in [3.8, 4) is 0 Å². The van der Waals surface area contributed by atoms with E-state index in [1.807, 2.05) is 6.07 Å². The number of nitrogens with one attached hydrogen (secondary N) is 1. The fraction of sp³-hybridized carbons (Fsp3) is 0.632. The topological polar surface area (TPSA) is 55.8 Å². The maximum Gasteiger partial charge on any atom is 0.317 e. The molecule has 1 heterocycles. The monoisotopic (exact) mass is 333 g/mol. The average Bonchev–Trinajstić information content (AvgIpc) is 2.60. The molecule has 24 heavy (non-hydrogen) atoms. The van der Waals surface area contributed by atoms with Crippen LogP contribution in [0.15, 0.2) is 30.3 Å². The van der Waals surface area contributed by atoms with Crippen molar-refractivity contribution in [1.29, 1.82) is 0 Å². The fourth-order valence-corrected chi connectivity index (χ4v) is 3.14. The zero-order valence-electron chi connectivity index (χ0n) is 15.1. The number of hydrogen-bond donors (Lipinski definition) is 2. The first kappa shape index (κ1) is 18.7. The molecule has 0 saturated carbocycles. The van der Waals surface area contributed by atoms with E-state index >= 15 is 0 Å². The minimum atomic E-state index is -0.372. The van der Waals surface area contributed by atoms with Crippen molar-refractivity contribution in [1.82, 2.24) is 15.1 Å². The maximum atomic E-state index is 12.2. The highest BCUT2D eigenvalue weighted by Gasteiger charge is 2.25. The van der Waals surface area contributed by atoms with Crippen molar-refractivity contribution in [2.45, 2.75) is 51.3 Å². The van der Waals surface area contributed by atoms with Crippen LogP contribution in [-0.2, 0) is 0 Å². The first-order chi connectivity index (χ1) is 11.5. The summed E-state index contributed by atoms with van der Waals surface area (Å²) in [5.74, 6) is 0. The molecule has 1 saturated heterocycles. The first-order valence-electron chi connectivity index (χ1n) is 8.96. The third-order valence-corrected chi connectivity index (χ3v) is 4.92. The Morgan fingerprint density at radius 2 is 1.92 bits per heavy atom. The lowest BCUT2D eigenvalue weighted by molar-refractivity contribution is 0.143. The number of aliphatic hydroxyl groups excluding tert-OH is 1. The number of hydrogen-bond acceptors (Lipinski definition) is 3. The lowest BCUT2D eigenvalue weighted by Gasteiger charge is -2.37. The quantitative estimate of drug-likeness (QED) is 0.841. The van der Waals surface area contributed by atoms with E-state index in [2.05, 4.69) is 41.4 Å². The molecular formula is C19H31N3O2. The molecule has 2 amide bonds. The van der Waals surface area contributed by atoms with E-state index in [0.717, 1.165) is 25.9 Å². The zero-order chi connectivity index (χ0) is 17.5. The number of carbonyl (C=O) groups excluding carboxylic acids is 1. The Morgan fingerprint density at radius 3 is 2.50 bits per heavy atom. The van der Waals surface area contributed by atoms with Crippen LogP contribution in [0.5, 0.6) is 0 Å². The van der Waals surface area contributed by atoms with Crippen LogP contribution in [-0.4, -0.2) is 59.8 Å². The fourth-order valence-electron chi connectivity index (χ4n) is 3.14. The molecular weight excluding hydrogens is 302 g/mol. The highest BCUT2D eigenvalue weighted by molar-refractivity contribution is 5.74. The Balaban J connectivity index is 1.75. The summed E-state index contributed by atoms with van der Waals surface area (Å²) in [5, 5.41) is 12.4. The van der Waals surface area contributed by atoms with Crippen molar-refractivity contribution in [2.75, 3.05) is 26.7 Å². The minimum Gasteiger partial charge on any atom is -0.393 e. The van der Waals surface area contributed by atoms with Gasteiger partial charge in [-0.25, -0.2) is 4.79 Å². The van der Waals surface area contributed by atoms with Gasteiger partial charge >= 0.3 is 6.03 Å². The van der Waals surface area contributed by atoms with Gasteiger partial charge in [-0.3, -0.25) is 4.90 Å². The molecule has 2 rings (SSSR count). The summed E-state index contributed by atoms with van der Waals surface area (Å²) < 4.78 is 0. The molecule has 1 aromatic carbocycles. The first-order valence-corrected chi connectivity index (χ1v) is 8.96. The number of aliphatic hydroxyl groups is 1. The molecule has 1 fully saturated rings. The standard InChI is InChI=1S/C19H31N3O2/c1-15(23)9-12-21(3)19(24)20-18-10-13-22(14-11-18)16(2)17-7-5-4-6-8-17/h4-8,15-16,18,23H,9-14H2,1-3H3,(H,20,24). The smallest absolute Gasteiger partial charge is 0.317 e. The van der Waals surface area contributed by atoms with Gasteiger partial charge in [0.2, 0.25) is 0 Å². The van der Waals surface area contributed by atoms with Gasteiger partial charge in [-0.05, 0) is 38.7 Å². The van der Waals surface area contributed by atoms with E-state index in [4.69, 9.17) is 0 Å². The van der Waals surface area contributed by atoms with Crippen LogP contribution in [0.25, 0.3) is 0 Å².